The minimum Gasteiger partial charge on any atom is -0.360 e. The molecule has 0 saturated heterocycles. The lowest BCUT2D eigenvalue weighted by Gasteiger charge is -2.11. The van der Waals surface area contributed by atoms with Gasteiger partial charge in [0.2, 0.25) is 0 Å². The van der Waals surface area contributed by atoms with E-state index in [0.717, 1.165) is 29.3 Å². The predicted octanol–water partition coefficient (Wildman–Crippen LogP) is 4.32. The Morgan fingerprint density at radius 1 is 1.06 bits per heavy atom. The number of fused-ring (bicyclic) bond motifs is 1. The van der Waals surface area contributed by atoms with E-state index in [1.165, 1.54) is 25.7 Å². The van der Waals surface area contributed by atoms with Crippen LogP contribution in [0.5, 0.6) is 0 Å². The summed E-state index contributed by atoms with van der Waals surface area (Å²) < 4.78 is 0. The second-order valence-corrected chi connectivity index (χ2v) is 5.30. The van der Waals surface area contributed by atoms with Crippen LogP contribution in [0.1, 0.15) is 48.9 Å². The van der Waals surface area contributed by atoms with Gasteiger partial charge in [-0.1, -0.05) is 43.9 Å². The monoisotopic (exact) mass is 241 g/mol. The molecule has 0 radical (unpaired) electrons. The van der Waals surface area contributed by atoms with Crippen molar-refractivity contribution < 1.29 is 4.79 Å². The van der Waals surface area contributed by atoms with Crippen molar-refractivity contribution in [1.29, 1.82) is 0 Å². The summed E-state index contributed by atoms with van der Waals surface area (Å²) in [5.41, 5.74) is 1.95. The number of carbonyl (C=O) groups is 1. The summed E-state index contributed by atoms with van der Waals surface area (Å²) in [6.07, 6.45) is 9.02. The maximum Gasteiger partial charge on any atom is 0.168 e. The van der Waals surface area contributed by atoms with Crippen molar-refractivity contribution in [3.05, 3.63) is 36.0 Å². The molecule has 94 valence electrons. The molecule has 2 nitrogen and oxygen atoms in total. The molecule has 1 aromatic heterocycles. The highest BCUT2D eigenvalue weighted by molar-refractivity contribution is 6.08. The number of H-pyrrole nitrogens is 1. The molecule has 2 heteroatoms. The molecule has 1 saturated carbocycles. The van der Waals surface area contributed by atoms with E-state index in [2.05, 4.69) is 4.98 Å². The van der Waals surface area contributed by atoms with Gasteiger partial charge in [0.05, 0.1) is 0 Å². The molecule has 1 aliphatic rings. The Hall–Kier alpha value is -1.57. The van der Waals surface area contributed by atoms with Crippen LogP contribution in [0.4, 0.5) is 0 Å². The molecule has 0 spiro atoms. The number of hydrogen-bond donors (Lipinski definition) is 1. The van der Waals surface area contributed by atoms with E-state index in [-0.39, 0.29) is 5.92 Å². The smallest absolute Gasteiger partial charge is 0.168 e. The van der Waals surface area contributed by atoms with E-state index < -0.39 is 0 Å². The van der Waals surface area contributed by atoms with Crippen molar-refractivity contribution in [3.63, 3.8) is 0 Å². The largest absolute Gasteiger partial charge is 0.360 e. The van der Waals surface area contributed by atoms with Crippen molar-refractivity contribution in [2.24, 2.45) is 5.92 Å². The summed E-state index contributed by atoms with van der Waals surface area (Å²) in [6, 6.07) is 8.06. The second-order valence-electron chi connectivity index (χ2n) is 5.30. The second kappa shape index (κ2) is 4.97. The summed E-state index contributed by atoms with van der Waals surface area (Å²) in [5, 5.41) is 1.08. The Labute approximate surface area is 107 Å². The first-order valence-electron chi connectivity index (χ1n) is 6.96. The SMILES string of the molecule is O=C(c1c[nH]c2ccccc12)C1CCCCCC1. The maximum absolute atomic E-state index is 12.6. The van der Waals surface area contributed by atoms with Gasteiger partial charge >= 0.3 is 0 Å². The molecule has 1 aromatic carbocycles. The van der Waals surface area contributed by atoms with E-state index in [9.17, 15) is 4.79 Å². The zero-order valence-electron chi connectivity index (χ0n) is 10.6. The topological polar surface area (TPSA) is 32.9 Å². The molecule has 2 aromatic rings. The van der Waals surface area contributed by atoms with Gasteiger partial charge in [-0.25, -0.2) is 0 Å². The van der Waals surface area contributed by atoms with Crippen LogP contribution < -0.4 is 0 Å². The van der Waals surface area contributed by atoms with E-state index in [4.69, 9.17) is 0 Å². The van der Waals surface area contributed by atoms with Gasteiger partial charge in [-0.15, -0.1) is 0 Å². The third-order valence-corrected chi connectivity index (χ3v) is 4.08. The fraction of sp³-hybridized carbons (Fsp3) is 0.438. The standard InChI is InChI=1S/C16H19NO/c18-16(12-7-3-1-2-4-8-12)14-11-17-15-10-6-5-9-13(14)15/h5-6,9-12,17H,1-4,7-8H2. The molecular formula is C16H19NO. The molecule has 0 amide bonds. The van der Waals surface area contributed by atoms with Gasteiger partial charge < -0.3 is 4.98 Å². The normalized spacial score (nSPS) is 17.8. The third-order valence-electron chi connectivity index (χ3n) is 4.08. The molecule has 1 fully saturated rings. The molecule has 0 aliphatic heterocycles. The molecule has 0 atom stereocenters. The zero-order valence-corrected chi connectivity index (χ0v) is 10.6. The van der Waals surface area contributed by atoms with Crippen LogP contribution in [0.15, 0.2) is 30.5 Å². The van der Waals surface area contributed by atoms with E-state index in [1.54, 1.807) is 0 Å². The van der Waals surface area contributed by atoms with Gasteiger partial charge in [-0.05, 0) is 18.9 Å². The van der Waals surface area contributed by atoms with Crippen LogP contribution in [-0.2, 0) is 0 Å². The lowest BCUT2D eigenvalue weighted by molar-refractivity contribution is 0.0909. The van der Waals surface area contributed by atoms with Crippen molar-refractivity contribution >= 4 is 16.7 Å². The van der Waals surface area contributed by atoms with Crippen molar-refractivity contribution in [3.8, 4) is 0 Å². The van der Waals surface area contributed by atoms with Gasteiger partial charge in [0.1, 0.15) is 0 Å². The average molecular weight is 241 g/mol. The highest BCUT2D eigenvalue weighted by atomic mass is 16.1. The molecule has 1 N–H and O–H groups in total. The number of nitrogens with one attached hydrogen (secondary N) is 1. The number of aromatic amines is 1. The number of Topliss-reactive ketones (excluding diaryl/α,β-unsaturated/α-hetero) is 1. The van der Waals surface area contributed by atoms with Gasteiger partial charge in [-0.2, -0.15) is 0 Å². The Kier molecular flexibility index (Phi) is 3.18. The lowest BCUT2D eigenvalue weighted by atomic mass is 9.91. The van der Waals surface area contributed by atoms with Crippen LogP contribution >= 0.6 is 0 Å². The fourth-order valence-corrected chi connectivity index (χ4v) is 3.04. The van der Waals surface area contributed by atoms with Crippen LogP contribution in [0, 0.1) is 5.92 Å². The van der Waals surface area contributed by atoms with Crippen molar-refractivity contribution in [2.45, 2.75) is 38.5 Å². The number of rotatable bonds is 2. The predicted molar refractivity (Wildman–Crippen MR) is 73.8 cm³/mol. The van der Waals surface area contributed by atoms with Crippen molar-refractivity contribution in [1.82, 2.24) is 4.98 Å². The highest BCUT2D eigenvalue weighted by Crippen LogP contribution is 2.28. The fourth-order valence-electron chi connectivity index (χ4n) is 3.04. The summed E-state index contributed by atoms with van der Waals surface area (Å²) in [7, 11) is 0. The zero-order chi connectivity index (χ0) is 12.4. The number of ketones is 1. The maximum atomic E-state index is 12.6. The molecule has 0 unspecified atom stereocenters. The first-order valence-corrected chi connectivity index (χ1v) is 6.96. The van der Waals surface area contributed by atoms with Crippen LogP contribution in [0.2, 0.25) is 0 Å². The molecule has 1 aliphatic carbocycles. The van der Waals surface area contributed by atoms with Crippen LogP contribution in [0.3, 0.4) is 0 Å². The minimum absolute atomic E-state index is 0.242. The summed E-state index contributed by atoms with van der Waals surface area (Å²) in [6.45, 7) is 0. The van der Waals surface area contributed by atoms with E-state index in [0.29, 0.717) is 5.78 Å². The van der Waals surface area contributed by atoms with E-state index in [1.807, 2.05) is 30.5 Å². The first kappa shape index (κ1) is 11.5. The van der Waals surface area contributed by atoms with Crippen LogP contribution in [-0.4, -0.2) is 10.8 Å². The Balaban J connectivity index is 1.91. The van der Waals surface area contributed by atoms with Gasteiger partial charge in [-0.3, -0.25) is 4.79 Å². The number of carbonyl (C=O) groups excluding carboxylic acids is 1. The molecule has 1 heterocycles. The molecule has 0 bridgehead atoms. The summed E-state index contributed by atoms with van der Waals surface area (Å²) >= 11 is 0. The number of para-hydroxylation sites is 1. The summed E-state index contributed by atoms with van der Waals surface area (Å²) in [4.78, 5) is 15.8. The molecule has 18 heavy (non-hydrogen) atoms. The Bertz CT molecular complexity index is 547. The van der Waals surface area contributed by atoms with Gasteiger partial charge in [0, 0.05) is 28.6 Å². The van der Waals surface area contributed by atoms with Crippen molar-refractivity contribution in [2.75, 3.05) is 0 Å². The lowest BCUT2D eigenvalue weighted by Crippen LogP contribution is -2.13. The average Bonchev–Trinajstić information content (AvgIpc) is 2.65. The number of benzene rings is 1. The van der Waals surface area contributed by atoms with E-state index >= 15 is 0 Å². The van der Waals surface area contributed by atoms with Gasteiger partial charge in [0.15, 0.2) is 5.78 Å². The highest BCUT2D eigenvalue weighted by Gasteiger charge is 2.23. The molecule has 3 rings (SSSR count). The Morgan fingerprint density at radius 2 is 1.78 bits per heavy atom. The first-order chi connectivity index (χ1) is 8.86. The third kappa shape index (κ3) is 2.07. The van der Waals surface area contributed by atoms with Crippen LogP contribution in [0.25, 0.3) is 10.9 Å². The molecular weight excluding hydrogens is 222 g/mol. The number of hydrogen-bond acceptors (Lipinski definition) is 1. The summed E-state index contributed by atoms with van der Waals surface area (Å²) in [5.74, 6) is 0.584. The Morgan fingerprint density at radius 3 is 2.56 bits per heavy atom. The van der Waals surface area contributed by atoms with Gasteiger partial charge in [0.25, 0.3) is 0 Å². The quantitative estimate of drug-likeness (QED) is 0.616. The number of aromatic nitrogens is 1. The minimum atomic E-state index is 0.242.